The van der Waals surface area contributed by atoms with Gasteiger partial charge < -0.3 is 9.64 Å². The first kappa shape index (κ1) is 15.8. The number of aromatic nitrogens is 2. The zero-order valence-corrected chi connectivity index (χ0v) is 14.2. The van der Waals surface area contributed by atoms with Gasteiger partial charge in [-0.1, -0.05) is 12.1 Å². The minimum atomic E-state index is 0.748. The van der Waals surface area contributed by atoms with E-state index in [-0.39, 0.29) is 0 Å². The molecule has 122 valence electrons. The first-order valence-electron chi connectivity index (χ1n) is 8.34. The highest BCUT2D eigenvalue weighted by molar-refractivity contribution is 5.43. The highest BCUT2D eigenvalue weighted by Gasteiger charge is 2.22. The van der Waals surface area contributed by atoms with Crippen molar-refractivity contribution in [3.05, 3.63) is 47.4 Å². The van der Waals surface area contributed by atoms with E-state index < -0.39 is 0 Å². The molecule has 2 heterocycles. The van der Waals surface area contributed by atoms with Crippen molar-refractivity contribution in [2.75, 3.05) is 25.1 Å². The summed E-state index contributed by atoms with van der Waals surface area (Å²) in [6, 6.07) is 8.47. The van der Waals surface area contributed by atoms with Gasteiger partial charge in [-0.2, -0.15) is 0 Å². The molecule has 1 aromatic heterocycles. The molecule has 1 aromatic carbocycles. The quantitative estimate of drug-likeness (QED) is 0.865. The largest absolute Gasteiger partial charge is 0.497 e. The number of aryl methyl sites for hydroxylation is 2. The van der Waals surface area contributed by atoms with Gasteiger partial charge in [0.25, 0.3) is 0 Å². The molecule has 1 aliphatic heterocycles. The number of hydrogen-bond acceptors (Lipinski definition) is 4. The lowest BCUT2D eigenvalue weighted by Crippen LogP contribution is -2.35. The molecule has 0 bridgehead atoms. The molecule has 0 aliphatic carbocycles. The normalized spacial score (nSPS) is 15.7. The molecule has 4 nitrogen and oxygen atoms in total. The lowest BCUT2D eigenvalue weighted by Gasteiger charge is -2.33. The Bertz CT molecular complexity index is 646. The van der Waals surface area contributed by atoms with Crippen molar-refractivity contribution in [3.8, 4) is 5.75 Å². The van der Waals surface area contributed by atoms with Crippen LogP contribution in [0.2, 0.25) is 0 Å². The standard InChI is InChI=1S/C19H25N3O/c1-14-13-20-15(2)19(21-14)22-10-8-17(9-11-22)12-16-4-6-18(23-3)7-5-16/h4-7,13,17H,8-12H2,1-3H3. The predicted molar refractivity (Wildman–Crippen MR) is 93.1 cm³/mol. The second-order valence-electron chi connectivity index (χ2n) is 6.40. The molecule has 23 heavy (non-hydrogen) atoms. The number of anilines is 1. The van der Waals surface area contributed by atoms with E-state index in [2.05, 4.69) is 39.1 Å². The maximum atomic E-state index is 5.22. The van der Waals surface area contributed by atoms with E-state index in [9.17, 15) is 0 Å². The van der Waals surface area contributed by atoms with Crippen molar-refractivity contribution < 1.29 is 4.74 Å². The highest BCUT2D eigenvalue weighted by atomic mass is 16.5. The molecular weight excluding hydrogens is 286 g/mol. The Labute approximate surface area is 138 Å². The van der Waals surface area contributed by atoms with Crippen LogP contribution in [0.25, 0.3) is 0 Å². The molecule has 4 heteroatoms. The Kier molecular flexibility index (Phi) is 4.79. The number of piperidine rings is 1. The molecule has 0 saturated carbocycles. The lowest BCUT2D eigenvalue weighted by molar-refractivity contribution is 0.400. The molecule has 3 rings (SSSR count). The number of ether oxygens (including phenoxy) is 1. The van der Waals surface area contributed by atoms with Crippen LogP contribution in [-0.4, -0.2) is 30.2 Å². The van der Waals surface area contributed by atoms with Gasteiger partial charge in [0.05, 0.1) is 18.5 Å². The van der Waals surface area contributed by atoms with Crippen molar-refractivity contribution in [1.29, 1.82) is 0 Å². The second-order valence-corrected chi connectivity index (χ2v) is 6.40. The van der Waals surface area contributed by atoms with E-state index in [0.717, 1.165) is 48.4 Å². The Hall–Kier alpha value is -2.10. The summed E-state index contributed by atoms with van der Waals surface area (Å²) >= 11 is 0. The van der Waals surface area contributed by atoms with Crippen LogP contribution < -0.4 is 9.64 Å². The van der Waals surface area contributed by atoms with Gasteiger partial charge >= 0.3 is 0 Å². The third-order valence-corrected chi connectivity index (χ3v) is 4.65. The minimum absolute atomic E-state index is 0.748. The molecule has 0 radical (unpaired) electrons. The minimum Gasteiger partial charge on any atom is -0.497 e. The average molecular weight is 311 g/mol. The van der Waals surface area contributed by atoms with Crippen molar-refractivity contribution in [3.63, 3.8) is 0 Å². The van der Waals surface area contributed by atoms with Gasteiger partial charge in [-0.15, -0.1) is 0 Å². The molecule has 0 N–H and O–H groups in total. The number of rotatable bonds is 4. The third-order valence-electron chi connectivity index (χ3n) is 4.65. The average Bonchev–Trinajstić information content (AvgIpc) is 2.58. The van der Waals surface area contributed by atoms with E-state index in [4.69, 9.17) is 4.74 Å². The Morgan fingerprint density at radius 1 is 1.13 bits per heavy atom. The van der Waals surface area contributed by atoms with Crippen LogP contribution in [-0.2, 0) is 6.42 Å². The van der Waals surface area contributed by atoms with Crippen molar-refractivity contribution >= 4 is 5.82 Å². The van der Waals surface area contributed by atoms with E-state index in [1.54, 1.807) is 7.11 Å². The fourth-order valence-corrected chi connectivity index (χ4v) is 3.27. The van der Waals surface area contributed by atoms with Crippen LogP contribution in [0.5, 0.6) is 5.75 Å². The van der Waals surface area contributed by atoms with Gasteiger partial charge in [-0.05, 0) is 56.7 Å². The van der Waals surface area contributed by atoms with Gasteiger partial charge in [-0.25, -0.2) is 4.98 Å². The smallest absolute Gasteiger partial charge is 0.150 e. The summed E-state index contributed by atoms with van der Waals surface area (Å²) in [7, 11) is 1.71. The molecular formula is C19H25N3O. The lowest BCUT2D eigenvalue weighted by atomic mass is 9.90. The summed E-state index contributed by atoms with van der Waals surface area (Å²) in [5.74, 6) is 2.74. The predicted octanol–water partition coefficient (Wildman–Crippen LogP) is 3.56. The number of methoxy groups -OCH3 is 1. The van der Waals surface area contributed by atoms with Crippen molar-refractivity contribution in [1.82, 2.24) is 9.97 Å². The molecule has 2 aromatic rings. The molecule has 1 aliphatic rings. The number of benzene rings is 1. The molecule has 1 fully saturated rings. The van der Waals surface area contributed by atoms with Crippen LogP contribution in [0.1, 0.15) is 29.8 Å². The van der Waals surface area contributed by atoms with Gasteiger partial charge in [0.2, 0.25) is 0 Å². The van der Waals surface area contributed by atoms with Gasteiger partial charge in [0, 0.05) is 19.3 Å². The number of hydrogen-bond donors (Lipinski definition) is 0. The van der Waals surface area contributed by atoms with Crippen molar-refractivity contribution in [2.24, 2.45) is 5.92 Å². The van der Waals surface area contributed by atoms with Crippen LogP contribution in [0.15, 0.2) is 30.5 Å². The Balaban J connectivity index is 1.58. The van der Waals surface area contributed by atoms with Crippen LogP contribution in [0.4, 0.5) is 5.82 Å². The number of nitrogens with zero attached hydrogens (tertiary/aromatic N) is 3. The Morgan fingerprint density at radius 3 is 2.48 bits per heavy atom. The van der Waals surface area contributed by atoms with E-state index >= 15 is 0 Å². The summed E-state index contributed by atoms with van der Waals surface area (Å²) < 4.78 is 5.22. The second kappa shape index (κ2) is 6.99. The summed E-state index contributed by atoms with van der Waals surface area (Å²) in [4.78, 5) is 11.5. The van der Waals surface area contributed by atoms with Crippen molar-refractivity contribution in [2.45, 2.75) is 33.1 Å². The van der Waals surface area contributed by atoms with Crippen LogP contribution >= 0.6 is 0 Å². The van der Waals surface area contributed by atoms with Crippen LogP contribution in [0.3, 0.4) is 0 Å². The summed E-state index contributed by atoms with van der Waals surface area (Å²) in [6.45, 7) is 6.19. The third kappa shape index (κ3) is 3.81. The molecule has 1 saturated heterocycles. The maximum absolute atomic E-state index is 5.22. The van der Waals surface area contributed by atoms with Gasteiger partial charge in [0.15, 0.2) is 0 Å². The monoisotopic (exact) mass is 311 g/mol. The first-order valence-corrected chi connectivity index (χ1v) is 8.34. The molecule has 0 unspecified atom stereocenters. The molecule has 0 amide bonds. The molecule has 0 atom stereocenters. The van der Waals surface area contributed by atoms with E-state index in [0.29, 0.717) is 0 Å². The fourth-order valence-electron chi connectivity index (χ4n) is 3.27. The first-order chi connectivity index (χ1) is 11.2. The summed E-state index contributed by atoms with van der Waals surface area (Å²) in [6.07, 6.45) is 5.41. The van der Waals surface area contributed by atoms with Gasteiger partial charge in [-0.3, -0.25) is 4.98 Å². The summed E-state index contributed by atoms with van der Waals surface area (Å²) in [5, 5.41) is 0. The van der Waals surface area contributed by atoms with E-state index in [1.807, 2.05) is 20.0 Å². The fraction of sp³-hybridized carbons (Fsp3) is 0.474. The van der Waals surface area contributed by atoms with Gasteiger partial charge in [0.1, 0.15) is 11.6 Å². The zero-order chi connectivity index (χ0) is 16.2. The Morgan fingerprint density at radius 2 is 1.83 bits per heavy atom. The zero-order valence-electron chi connectivity index (χ0n) is 14.2. The highest BCUT2D eigenvalue weighted by Crippen LogP contribution is 2.26. The maximum Gasteiger partial charge on any atom is 0.150 e. The van der Waals surface area contributed by atoms with E-state index in [1.165, 1.54) is 18.4 Å². The molecule has 0 spiro atoms. The topological polar surface area (TPSA) is 38.2 Å². The SMILES string of the molecule is COc1ccc(CC2CCN(c3nc(C)cnc3C)CC2)cc1. The van der Waals surface area contributed by atoms with Crippen LogP contribution in [0, 0.1) is 19.8 Å². The summed E-state index contributed by atoms with van der Waals surface area (Å²) in [5.41, 5.74) is 3.42.